The molecule has 272 valence electrons. The summed E-state index contributed by atoms with van der Waals surface area (Å²) in [6.45, 7) is 3.63. The van der Waals surface area contributed by atoms with Crippen LogP contribution in [0, 0.1) is 11.3 Å². The smallest absolute Gasteiger partial charge is 0.246 e. The number of fused-ring (bicyclic) bond motifs is 1. The third-order valence-corrected chi connectivity index (χ3v) is 9.59. The second-order valence-corrected chi connectivity index (χ2v) is 13.7. The number of carbonyl (C=O) groups is 3. The minimum atomic E-state index is -0.898. The monoisotopic (exact) mass is 682 g/mol. The van der Waals surface area contributed by atoms with Crippen LogP contribution in [-0.2, 0) is 14.4 Å². The zero-order chi connectivity index (χ0) is 35.6. The van der Waals surface area contributed by atoms with Crippen LogP contribution in [0.3, 0.4) is 0 Å². The van der Waals surface area contributed by atoms with Gasteiger partial charge in [0.25, 0.3) is 0 Å². The van der Waals surface area contributed by atoms with Crippen molar-refractivity contribution in [2.24, 2.45) is 28.9 Å². The van der Waals surface area contributed by atoms with Gasteiger partial charge in [0.15, 0.2) is 5.96 Å². The number of benzene rings is 1. The van der Waals surface area contributed by atoms with E-state index in [2.05, 4.69) is 33.3 Å². The number of quaternary nitrogens is 1. The maximum Gasteiger partial charge on any atom is 0.246 e. The fraction of sp³-hybridized carbons (Fsp3) is 0.629. The van der Waals surface area contributed by atoms with Gasteiger partial charge in [-0.15, -0.1) is 0 Å². The van der Waals surface area contributed by atoms with Gasteiger partial charge in [0, 0.05) is 25.0 Å². The van der Waals surface area contributed by atoms with Crippen LogP contribution in [0.5, 0.6) is 0 Å². The van der Waals surface area contributed by atoms with Gasteiger partial charge in [0.05, 0.1) is 50.1 Å². The Morgan fingerprint density at radius 2 is 1.59 bits per heavy atom. The lowest BCUT2D eigenvalue weighted by Gasteiger charge is -2.34. The molecule has 1 aromatic carbocycles. The molecule has 1 aromatic heterocycles. The number of nitrogens with one attached hydrogen (secondary N) is 5. The Balaban J connectivity index is 1.76. The van der Waals surface area contributed by atoms with E-state index in [-0.39, 0.29) is 11.9 Å². The van der Waals surface area contributed by atoms with E-state index >= 15 is 0 Å². The molecule has 1 aliphatic carbocycles. The quantitative estimate of drug-likeness (QED) is 0.0398. The number of guanidine groups is 1. The number of hydrogen-bond donors (Lipinski definition) is 9. The van der Waals surface area contributed by atoms with Gasteiger partial charge in [-0.25, -0.2) is 0 Å². The van der Waals surface area contributed by atoms with Crippen molar-refractivity contribution >= 4 is 40.3 Å². The number of nitrogens with zero attached hydrogens (tertiary/aromatic N) is 2. The molecule has 1 heterocycles. The third-order valence-electron chi connectivity index (χ3n) is 9.59. The first-order chi connectivity index (χ1) is 23.5. The molecule has 0 aliphatic heterocycles. The lowest BCUT2D eigenvalue weighted by molar-refractivity contribution is -0.907. The van der Waals surface area contributed by atoms with Crippen molar-refractivity contribution < 1.29 is 18.9 Å². The maximum atomic E-state index is 14.0. The van der Waals surface area contributed by atoms with Gasteiger partial charge in [-0.05, 0) is 56.6 Å². The number of likely N-dealkylation sites (N-methyl/N-ethyl adjacent to an activating group) is 1. The minimum absolute atomic E-state index is 0.150. The number of para-hydroxylation sites is 1. The molecule has 0 bridgehead atoms. The largest absolute Gasteiger partial charge is 0.370 e. The Labute approximate surface area is 291 Å². The molecular weight excluding hydrogens is 622 g/mol. The SMILES string of the molecule is C[N+](CCN)(CCN)CCC[C@H](NC(=O)[C@@H](N)CCCNC(=N)N)C(=O)N[C@@H](CCC1CCCCC1)C(=O)Nc1cnc2ccccc2c1. The first-order valence-corrected chi connectivity index (χ1v) is 17.9. The highest BCUT2D eigenvalue weighted by molar-refractivity contribution is 5.99. The number of amides is 3. The Hall–Kier alpha value is -3.85. The lowest BCUT2D eigenvalue weighted by atomic mass is 9.85. The maximum absolute atomic E-state index is 14.0. The summed E-state index contributed by atoms with van der Waals surface area (Å²) in [6, 6.07) is 6.98. The molecule has 1 aliphatic rings. The van der Waals surface area contributed by atoms with Crippen LogP contribution in [0.25, 0.3) is 10.9 Å². The molecule has 49 heavy (non-hydrogen) atoms. The molecule has 0 saturated heterocycles. The van der Waals surface area contributed by atoms with Crippen molar-refractivity contribution in [3.63, 3.8) is 0 Å². The molecule has 3 rings (SSSR count). The van der Waals surface area contributed by atoms with Gasteiger partial charge < -0.3 is 48.7 Å². The molecule has 1 saturated carbocycles. The molecular formula is C35H60N11O3+. The molecule has 0 spiro atoms. The van der Waals surface area contributed by atoms with E-state index in [1.165, 1.54) is 19.3 Å². The van der Waals surface area contributed by atoms with E-state index in [1.54, 1.807) is 6.20 Å². The summed E-state index contributed by atoms with van der Waals surface area (Å²) in [5, 5.41) is 19.7. The summed E-state index contributed by atoms with van der Waals surface area (Å²) in [5.41, 5.74) is 24.7. The summed E-state index contributed by atoms with van der Waals surface area (Å²) in [7, 11) is 2.09. The van der Waals surface area contributed by atoms with Crippen molar-refractivity contribution in [3.05, 3.63) is 36.5 Å². The van der Waals surface area contributed by atoms with Gasteiger partial charge in [-0.3, -0.25) is 24.8 Å². The number of hydrogen-bond acceptors (Lipinski definition) is 8. The van der Waals surface area contributed by atoms with Gasteiger partial charge in [-0.1, -0.05) is 50.3 Å². The molecule has 2 aromatic rings. The summed E-state index contributed by atoms with van der Waals surface area (Å²) in [4.78, 5) is 45.5. The number of carbonyl (C=O) groups excluding carboxylic acids is 3. The zero-order valence-electron chi connectivity index (χ0n) is 29.2. The Morgan fingerprint density at radius 1 is 0.918 bits per heavy atom. The summed E-state index contributed by atoms with van der Waals surface area (Å²) < 4.78 is 0.657. The lowest BCUT2D eigenvalue weighted by Crippen LogP contribution is -2.56. The standard InChI is InChI=1S/C35H59N11O3/c1-46(21-17-36,22-18-37)20-8-14-30(44-32(47)28(38)12-7-19-41-35(39)40)34(49)45-31(16-15-25-9-3-2-4-10-25)33(48)43-27-23-26-11-5-6-13-29(26)42-24-27/h5-6,11,13,23-25,28,30-31H,2-4,7-10,12,14-22,36-38H2,1H3,(H6-,39,40,41,43,44,45,47,48,49)/p+1/t28-,30-,31-/m0/s1. The second-order valence-electron chi connectivity index (χ2n) is 13.7. The average Bonchev–Trinajstić information content (AvgIpc) is 3.08. The highest BCUT2D eigenvalue weighted by atomic mass is 16.2. The fourth-order valence-corrected chi connectivity index (χ4v) is 6.65. The Morgan fingerprint density at radius 3 is 2.29 bits per heavy atom. The van der Waals surface area contributed by atoms with Crippen molar-refractivity contribution in [2.45, 2.75) is 88.8 Å². The van der Waals surface area contributed by atoms with E-state index in [0.717, 1.165) is 49.8 Å². The van der Waals surface area contributed by atoms with Crippen LogP contribution in [0.1, 0.15) is 70.6 Å². The van der Waals surface area contributed by atoms with E-state index in [4.69, 9.17) is 28.3 Å². The average molecular weight is 683 g/mol. The highest BCUT2D eigenvalue weighted by Gasteiger charge is 2.30. The van der Waals surface area contributed by atoms with Crippen LogP contribution >= 0.6 is 0 Å². The van der Waals surface area contributed by atoms with E-state index < -0.39 is 29.9 Å². The van der Waals surface area contributed by atoms with Crippen molar-refractivity contribution in [3.8, 4) is 0 Å². The van der Waals surface area contributed by atoms with Crippen molar-refractivity contribution in [2.75, 3.05) is 51.6 Å². The molecule has 3 atom stereocenters. The number of aromatic nitrogens is 1. The predicted octanol–water partition coefficient (Wildman–Crippen LogP) is 1.24. The topological polar surface area (TPSA) is 240 Å². The second kappa shape index (κ2) is 20.6. The van der Waals surface area contributed by atoms with Crippen LogP contribution in [-0.4, -0.2) is 97.6 Å². The predicted molar refractivity (Wildman–Crippen MR) is 195 cm³/mol. The minimum Gasteiger partial charge on any atom is -0.370 e. The van der Waals surface area contributed by atoms with Gasteiger partial charge in [-0.2, -0.15) is 0 Å². The first kappa shape index (κ1) is 39.6. The Bertz CT molecular complexity index is 1350. The summed E-state index contributed by atoms with van der Waals surface area (Å²) in [5.74, 6) is -0.838. The van der Waals surface area contributed by atoms with Crippen LogP contribution < -0.4 is 44.2 Å². The van der Waals surface area contributed by atoms with Gasteiger partial charge >= 0.3 is 0 Å². The molecule has 3 amide bonds. The van der Waals surface area contributed by atoms with E-state index in [0.29, 0.717) is 67.8 Å². The van der Waals surface area contributed by atoms with Crippen LogP contribution in [0.4, 0.5) is 5.69 Å². The van der Waals surface area contributed by atoms with Gasteiger partial charge in [0.1, 0.15) is 12.1 Å². The third kappa shape index (κ3) is 13.9. The van der Waals surface area contributed by atoms with Crippen LogP contribution in [0.2, 0.25) is 0 Å². The zero-order valence-corrected chi connectivity index (χ0v) is 29.2. The number of pyridine rings is 1. The normalized spacial score (nSPS) is 15.6. The molecule has 14 heteroatoms. The molecule has 14 nitrogen and oxygen atoms in total. The van der Waals surface area contributed by atoms with E-state index in [9.17, 15) is 14.4 Å². The number of rotatable bonds is 21. The van der Waals surface area contributed by atoms with Crippen LogP contribution in [0.15, 0.2) is 36.5 Å². The van der Waals surface area contributed by atoms with E-state index in [1.807, 2.05) is 30.3 Å². The number of nitrogens with two attached hydrogens (primary N) is 4. The number of anilines is 1. The summed E-state index contributed by atoms with van der Waals surface area (Å²) >= 11 is 0. The van der Waals surface area contributed by atoms with Gasteiger partial charge in [0.2, 0.25) is 17.7 Å². The van der Waals surface area contributed by atoms with Crippen molar-refractivity contribution in [1.82, 2.24) is 20.9 Å². The molecule has 1 fully saturated rings. The molecule has 0 radical (unpaired) electrons. The van der Waals surface area contributed by atoms with Crippen molar-refractivity contribution in [1.29, 1.82) is 5.41 Å². The first-order valence-electron chi connectivity index (χ1n) is 17.9. The summed E-state index contributed by atoms with van der Waals surface area (Å²) in [6.07, 6.45) is 10.6. The molecule has 13 N–H and O–H groups in total. The Kier molecular flexibility index (Phi) is 16.7. The highest BCUT2D eigenvalue weighted by Crippen LogP contribution is 2.28. The fourth-order valence-electron chi connectivity index (χ4n) is 6.65. The molecule has 0 unspecified atom stereocenters.